The first-order valence-electron chi connectivity index (χ1n) is 10.0. The minimum atomic E-state index is -1.11. The fourth-order valence-electron chi connectivity index (χ4n) is 3.99. The molecule has 1 saturated heterocycles. The summed E-state index contributed by atoms with van der Waals surface area (Å²) in [7, 11) is 0. The number of carbonyl (C=O) groups is 3. The van der Waals surface area contributed by atoms with E-state index in [0.717, 1.165) is 25.3 Å². The molecule has 1 aromatic heterocycles. The second kappa shape index (κ2) is 9.08. The summed E-state index contributed by atoms with van der Waals surface area (Å²) < 4.78 is 6.13. The Bertz CT molecular complexity index is 1050. The lowest BCUT2D eigenvalue weighted by Gasteiger charge is -2.27. The molecule has 2 aromatic rings. The van der Waals surface area contributed by atoms with E-state index in [9.17, 15) is 14.7 Å². The van der Waals surface area contributed by atoms with Crippen LogP contribution in [0.15, 0.2) is 24.3 Å². The standard InChI is InChI=1S/C19H21N5O4.C2H4O2/c20-14-13-10-19(28-15(13)23-18(21)22-14)6-3-8-24(9-7-19)16(25)11-4-1-2-5-12(11)17(26)27;1-2(3)4/h1-2,4-5H,3,6-10H2,(H,26,27)(H4,20,21,22,23);1H3,(H,3,4). The minimum absolute atomic E-state index is 0.00880. The van der Waals surface area contributed by atoms with Crippen molar-refractivity contribution in [1.29, 1.82) is 0 Å². The van der Waals surface area contributed by atoms with Crippen LogP contribution in [0.3, 0.4) is 0 Å². The first-order chi connectivity index (χ1) is 15.1. The molecule has 1 amide bonds. The van der Waals surface area contributed by atoms with E-state index >= 15 is 0 Å². The third-order valence-electron chi connectivity index (χ3n) is 5.40. The van der Waals surface area contributed by atoms with Gasteiger partial charge in [-0.15, -0.1) is 0 Å². The van der Waals surface area contributed by atoms with E-state index in [-0.39, 0.29) is 23.0 Å². The van der Waals surface area contributed by atoms with Crippen molar-refractivity contribution in [1.82, 2.24) is 14.9 Å². The van der Waals surface area contributed by atoms with Crippen molar-refractivity contribution in [3.05, 3.63) is 41.0 Å². The predicted molar refractivity (Wildman–Crippen MR) is 114 cm³/mol. The van der Waals surface area contributed by atoms with Crippen molar-refractivity contribution in [3.63, 3.8) is 0 Å². The van der Waals surface area contributed by atoms with Crippen LogP contribution in [0.5, 0.6) is 5.88 Å². The zero-order valence-electron chi connectivity index (χ0n) is 17.6. The van der Waals surface area contributed by atoms with Crippen LogP contribution in [0.25, 0.3) is 0 Å². The Kier molecular flexibility index (Phi) is 6.47. The number of aliphatic carboxylic acids is 1. The van der Waals surface area contributed by atoms with Gasteiger partial charge in [-0.3, -0.25) is 9.59 Å². The summed E-state index contributed by atoms with van der Waals surface area (Å²) >= 11 is 0. The second-order valence-electron chi connectivity index (χ2n) is 7.73. The number of nitrogens with zero attached hydrogens (tertiary/aromatic N) is 3. The maximum absolute atomic E-state index is 13.0. The summed E-state index contributed by atoms with van der Waals surface area (Å²) in [4.78, 5) is 43.2. The number of likely N-dealkylation sites (tertiary alicyclic amines) is 1. The van der Waals surface area contributed by atoms with Gasteiger partial charge >= 0.3 is 5.97 Å². The number of rotatable bonds is 2. The Labute approximate surface area is 184 Å². The van der Waals surface area contributed by atoms with Crippen LogP contribution in [-0.4, -0.2) is 61.6 Å². The fourth-order valence-corrected chi connectivity index (χ4v) is 3.99. The van der Waals surface area contributed by atoms with Gasteiger partial charge in [0.05, 0.1) is 16.7 Å². The highest BCUT2D eigenvalue weighted by molar-refractivity contribution is 6.04. The van der Waals surface area contributed by atoms with Crippen LogP contribution < -0.4 is 16.2 Å². The highest BCUT2D eigenvalue weighted by Gasteiger charge is 2.43. The molecule has 1 aromatic carbocycles. The van der Waals surface area contributed by atoms with Gasteiger partial charge < -0.3 is 31.3 Å². The van der Waals surface area contributed by atoms with Gasteiger partial charge in [0.15, 0.2) is 0 Å². The van der Waals surface area contributed by atoms with E-state index in [0.29, 0.717) is 37.6 Å². The number of hydrogen-bond acceptors (Lipinski definition) is 8. The molecule has 0 bridgehead atoms. The molecule has 0 radical (unpaired) electrons. The van der Waals surface area contributed by atoms with Crippen LogP contribution in [-0.2, 0) is 11.2 Å². The molecular formula is C21H25N5O6. The number of fused-ring (bicyclic) bond motifs is 1. The normalized spacial score (nSPS) is 19.2. The molecule has 0 saturated carbocycles. The van der Waals surface area contributed by atoms with Gasteiger partial charge in [0.25, 0.3) is 11.9 Å². The summed E-state index contributed by atoms with van der Waals surface area (Å²) in [6.45, 7) is 2.06. The monoisotopic (exact) mass is 443 g/mol. The zero-order chi connectivity index (χ0) is 23.5. The number of carboxylic acid groups (broad SMARTS) is 2. The maximum Gasteiger partial charge on any atom is 0.336 e. The summed E-state index contributed by atoms with van der Waals surface area (Å²) in [5, 5.41) is 16.8. The Morgan fingerprint density at radius 2 is 1.72 bits per heavy atom. The number of aromatic carboxylic acids is 1. The lowest BCUT2D eigenvalue weighted by Crippen LogP contribution is -2.37. The van der Waals surface area contributed by atoms with Crippen molar-refractivity contribution in [2.75, 3.05) is 24.6 Å². The Hall–Kier alpha value is -3.89. The summed E-state index contributed by atoms with van der Waals surface area (Å²) in [5.74, 6) is -1.41. The van der Waals surface area contributed by atoms with Crippen LogP contribution >= 0.6 is 0 Å². The van der Waals surface area contributed by atoms with Crippen molar-refractivity contribution in [2.24, 2.45) is 0 Å². The van der Waals surface area contributed by atoms with E-state index in [4.69, 9.17) is 26.1 Å². The molecule has 2 aliphatic rings. The Balaban J connectivity index is 0.000000668. The molecule has 1 fully saturated rings. The summed E-state index contributed by atoms with van der Waals surface area (Å²) in [6, 6.07) is 6.27. The molecule has 1 spiro atoms. The minimum Gasteiger partial charge on any atom is -0.481 e. The largest absolute Gasteiger partial charge is 0.481 e. The fraction of sp³-hybridized carbons (Fsp3) is 0.381. The average molecular weight is 443 g/mol. The van der Waals surface area contributed by atoms with Crippen molar-refractivity contribution < 1.29 is 29.3 Å². The second-order valence-corrected chi connectivity index (χ2v) is 7.73. The van der Waals surface area contributed by atoms with Crippen LogP contribution in [0.4, 0.5) is 11.8 Å². The van der Waals surface area contributed by atoms with E-state index in [2.05, 4.69) is 9.97 Å². The van der Waals surface area contributed by atoms with Crippen molar-refractivity contribution in [2.45, 2.75) is 38.2 Å². The number of carboxylic acids is 2. The first kappa shape index (κ1) is 22.8. The molecular weight excluding hydrogens is 418 g/mol. The maximum atomic E-state index is 13.0. The molecule has 2 aliphatic heterocycles. The molecule has 0 aliphatic carbocycles. The van der Waals surface area contributed by atoms with Gasteiger partial charge in [0, 0.05) is 32.9 Å². The molecule has 170 valence electrons. The van der Waals surface area contributed by atoms with Gasteiger partial charge in [-0.2, -0.15) is 9.97 Å². The average Bonchev–Trinajstić information content (AvgIpc) is 2.95. The van der Waals surface area contributed by atoms with Crippen LogP contribution in [0.2, 0.25) is 0 Å². The SMILES string of the molecule is CC(=O)O.Nc1nc(N)c2c(n1)OC1(CCCN(C(=O)c3ccccc3C(=O)O)CC1)C2. The molecule has 6 N–H and O–H groups in total. The highest BCUT2D eigenvalue weighted by atomic mass is 16.5. The van der Waals surface area contributed by atoms with Crippen molar-refractivity contribution in [3.8, 4) is 5.88 Å². The van der Waals surface area contributed by atoms with E-state index in [1.807, 2.05) is 0 Å². The summed E-state index contributed by atoms with van der Waals surface area (Å²) in [6.07, 6.45) is 2.61. The van der Waals surface area contributed by atoms with E-state index in [1.54, 1.807) is 23.1 Å². The quantitative estimate of drug-likeness (QED) is 0.530. The smallest absolute Gasteiger partial charge is 0.336 e. The van der Waals surface area contributed by atoms with Gasteiger partial charge in [-0.05, 0) is 25.0 Å². The third-order valence-corrected chi connectivity index (χ3v) is 5.40. The Morgan fingerprint density at radius 1 is 1.06 bits per heavy atom. The van der Waals surface area contributed by atoms with Gasteiger partial charge in [-0.25, -0.2) is 4.79 Å². The lowest BCUT2D eigenvalue weighted by molar-refractivity contribution is -0.134. The number of benzene rings is 1. The number of ether oxygens (including phenoxy) is 1. The first-order valence-corrected chi connectivity index (χ1v) is 10.0. The van der Waals surface area contributed by atoms with Gasteiger partial charge in [-0.1, -0.05) is 12.1 Å². The zero-order valence-corrected chi connectivity index (χ0v) is 17.6. The Morgan fingerprint density at radius 3 is 2.38 bits per heavy atom. The number of anilines is 2. The number of amides is 1. The third kappa shape index (κ3) is 4.88. The summed E-state index contributed by atoms with van der Waals surface area (Å²) in [5.41, 5.74) is 12.1. The molecule has 3 heterocycles. The van der Waals surface area contributed by atoms with E-state index in [1.165, 1.54) is 6.07 Å². The van der Waals surface area contributed by atoms with Crippen LogP contribution in [0, 0.1) is 0 Å². The predicted octanol–water partition coefficient (Wildman–Crippen LogP) is 1.43. The van der Waals surface area contributed by atoms with Gasteiger partial charge in [0.1, 0.15) is 11.4 Å². The van der Waals surface area contributed by atoms with Crippen molar-refractivity contribution >= 4 is 29.6 Å². The number of carbonyl (C=O) groups excluding carboxylic acids is 1. The number of hydrogen-bond donors (Lipinski definition) is 4. The number of nitrogen functional groups attached to an aromatic ring is 2. The van der Waals surface area contributed by atoms with Crippen LogP contribution in [0.1, 0.15) is 52.5 Å². The molecule has 11 heteroatoms. The number of nitrogens with two attached hydrogens (primary N) is 2. The molecule has 1 unspecified atom stereocenters. The molecule has 1 atom stereocenters. The van der Waals surface area contributed by atoms with Gasteiger partial charge in [0.2, 0.25) is 11.8 Å². The molecule has 11 nitrogen and oxygen atoms in total. The molecule has 32 heavy (non-hydrogen) atoms. The molecule has 4 rings (SSSR count). The number of aromatic nitrogens is 2. The van der Waals surface area contributed by atoms with E-state index < -0.39 is 17.5 Å². The lowest BCUT2D eigenvalue weighted by atomic mass is 9.90. The highest BCUT2D eigenvalue weighted by Crippen LogP contribution is 2.42. The topological polar surface area (TPSA) is 182 Å².